The van der Waals surface area contributed by atoms with Crippen molar-refractivity contribution in [2.75, 3.05) is 38.3 Å². The summed E-state index contributed by atoms with van der Waals surface area (Å²) in [6.45, 7) is 3.96. The molecule has 0 atom stereocenters. The fourth-order valence-electron chi connectivity index (χ4n) is 2.60. The molecule has 0 N–H and O–H groups in total. The monoisotopic (exact) mass is 394 g/mol. The van der Waals surface area contributed by atoms with Gasteiger partial charge in [0.1, 0.15) is 0 Å². The quantitative estimate of drug-likeness (QED) is 0.793. The number of hydrogen-bond acceptors (Lipinski definition) is 4. The van der Waals surface area contributed by atoms with E-state index in [2.05, 4.69) is 26.9 Å². The Morgan fingerprint density at radius 2 is 2.00 bits per heavy atom. The van der Waals surface area contributed by atoms with Crippen LogP contribution in [0.15, 0.2) is 40.2 Å². The first kappa shape index (κ1) is 16.5. The zero-order valence-corrected chi connectivity index (χ0v) is 15.4. The predicted molar refractivity (Wildman–Crippen MR) is 97.3 cm³/mol. The number of thiophene rings is 1. The Bertz CT molecular complexity index is 665. The Morgan fingerprint density at radius 1 is 1.30 bits per heavy atom. The summed E-state index contributed by atoms with van der Waals surface area (Å²) >= 11 is 5.10. The van der Waals surface area contributed by atoms with Gasteiger partial charge in [0, 0.05) is 46.1 Å². The lowest BCUT2D eigenvalue weighted by molar-refractivity contribution is 0.0786. The second-order valence-corrected chi connectivity index (χ2v) is 7.45. The lowest BCUT2D eigenvalue weighted by atomic mass is 10.1. The van der Waals surface area contributed by atoms with E-state index >= 15 is 0 Å². The van der Waals surface area contributed by atoms with Gasteiger partial charge in [-0.2, -0.15) is 0 Å². The SMILES string of the molecule is CN(Cc1cc(Br)cs1)C(=O)c1ccc(N2CCOCC2)cc1. The molecule has 1 aromatic heterocycles. The minimum Gasteiger partial charge on any atom is -0.378 e. The number of rotatable bonds is 4. The number of halogens is 1. The van der Waals surface area contributed by atoms with Crippen LogP contribution in [-0.2, 0) is 11.3 Å². The Morgan fingerprint density at radius 3 is 2.61 bits per heavy atom. The summed E-state index contributed by atoms with van der Waals surface area (Å²) in [5.41, 5.74) is 1.87. The molecule has 1 aliphatic rings. The molecular weight excluding hydrogens is 376 g/mol. The summed E-state index contributed by atoms with van der Waals surface area (Å²) in [6.07, 6.45) is 0. The first-order valence-electron chi connectivity index (χ1n) is 7.54. The van der Waals surface area contributed by atoms with Crippen molar-refractivity contribution in [3.8, 4) is 0 Å². The van der Waals surface area contributed by atoms with Crippen LogP contribution in [0.1, 0.15) is 15.2 Å². The van der Waals surface area contributed by atoms with Crippen molar-refractivity contribution >= 4 is 38.9 Å². The third-order valence-corrected chi connectivity index (χ3v) is 5.53. The normalized spacial score (nSPS) is 14.8. The molecule has 23 heavy (non-hydrogen) atoms. The van der Waals surface area contributed by atoms with Crippen LogP contribution in [0.4, 0.5) is 5.69 Å². The number of anilines is 1. The van der Waals surface area contributed by atoms with Crippen molar-refractivity contribution < 1.29 is 9.53 Å². The molecule has 1 aromatic carbocycles. The number of ether oxygens (including phenoxy) is 1. The summed E-state index contributed by atoms with van der Waals surface area (Å²) < 4.78 is 6.43. The van der Waals surface area contributed by atoms with Crippen molar-refractivity contribution in [2.24, 2.45) is 0 Å². The molecule has 0 radical (unpaired) electrons. The highest BCUT2D eigenvalue weighted by Gasteiger charge is 2.15. The molecule has 0 bridgehead atoms. The summed E-state index contributed by atoms with van der Waals surface area (Å²) in [5, 5.41) is 2.03. The second-order valence-electron chi connectivity index (χ2n) is 5.54. The van der Waals surface area contributed by atoms with Gasteiger partial charge in [0.05, 0.1) is 19.8 Å². The predicted octanol–water partition coefficient (Wildman–Crippen LogP) is 3.62. The maximum atomic E-state index is 12.5. The highest BCUT2D eigenvalue weighted by molar-refractivity contribution is 9.10. The van der Waals surface area contributed by atoms with Crippen LogP contribution in [0.5, 0.6) is 0 Å². The van der Waals surface area contributed by atoms with E-state index in [1.807, 2.05) is 36.7 Å². The molecule has 122 valence electrons. The molecule has 6 heteroatoms. The molecule has 1 aliphatic heterocycles. The number of carbonyl (C=O) groups is 1. The van der Waals surface area contributed by atoms with Crippen molar-refractivity contribution in [2.45, 2.75) is 6.54 Å². The molecule has 1 amide bonds. The van der Waals surface area contributed by atoms with E-state index in [9.17, 15) is 4.79 Å². The van der Waals surface area contributed by atoms with Gasteiger partial charge in [0.15, 0.2) is 0 Å². The van der Waals surface area contributed by atoms with Crippen LogP contribution in [0.2, 0.25) is 0 Å². The smallest absolute Gasteiger partial charge is 0.253 e. The van der Waals surface area contributed by atoms with Crippen LogP contribution in [0.25, 0.3) is 0 Å². The minimum absolute atomic E-state index is 0.0445. The first-order valence-corrected chi connectivity index (χ1v) is 9.22. The molecule has 0 aliphatic carbocycles. The number of amides is 1. The van der Waals surface area contributed by atoms with Crippen LogP contribution in [0.3, 0.4) is 0 Å². The van der Waals surface area contributed by atoms with Crippen LogP contribution >= 0.6 is 27.3 Å². The summed E-state index contributed by atoms with van der Waals surface area (Å²) in [7, 11) is 1.84. The van der Waals surface area contributed by atoms with Gasteiger partial charge >= 0.3 is 0 Å². The third-order valence-electron chi connectivity index (χ3n) is 3.85. The van der Waals surface area contributed by atoms with Gasteiger partial charge in [-0.3, -0.25) is 4.79 Å². The second kappa shape index (κ2) is 7.47. The number of nitrogens with zero attached hydrogens (tertiary/aromatic N) is 2. The summed E-state index contributed by atoms with van der Waals surface area (Å²) in [6, 6.07) is 9.92. The van der Waals surface area contributed by atoms with Crippen molar-refractivity contribution in [1.29, 1.82) is 0 Å². The van der Waals surface area contributed by atoms with Gasteiger partial charge in [-0.25, -0.2) is 0 Å². The first-order chi connectivity index (χ1) is 11.1. The molecule has 2 heterocycles. The number of carbonyl (C=O) groups excluding carboxylic acids is 1. The molecule has 2 aromatic rings. The fraction of sp³-hybridized carbons (Fsp3) is 0.353. The van der Waals surface area contributed by atoms with Gasteiger partial charge in [-0.15, -0.1) is 11.3 Å². The largest absolute Gasteiger partial charge is 0.378 e. The van der Waals surface area contributed by atoms with Crippen LogP contribution in [0, 0.1) is 0 Å². The van der Waals surface area contributed by atoms with Gasteiger partial charge in [-0.1, -0.05) is 0 Å². The van der Waals surface area contributed by atoms with Gasteiger partial charge in [0.25, 0.3) is 5.91 Å². The molecule has 1 saturated heterocycles. The van der Waals surface area contributed by atoms with E-state index in [4.69, 9.17) is 4.74 Å². The molecule has 4 nitrogen and oxygen atoms in total. The maximum Gasteiger partial charge on any atom is 0.253 e. The lowest BCUT2D eigenvalue weighted by Crippen LogP contribution is -2.36. The Kier molecular flexibility index (Phi) is 5.35. The zero-order valence-electron chi connectivity index (χ0n) is 13.0. The van der Waals surface area contributed by atoms with E-state index in [1.165, 1.54) is 0 Å². The fourth-order valence-corrected chi connectivity index (χ4v) is 4.10. The third kappa shape index (κ3) is 4.13. The van der Waals surface area contributed by atoms with Crippen LogP contribution < -0.4 is 4.90 Å². The zero-order chi connectivity index (χ0) is 16.2. The Labute approximate surface area is 148 Å². The minimum atomic E-state index is 0.0445. The summed E-state index contributed by atoms with van der Waals surface area (Å²) in [5.74, 6) is 0.0445. The topological polar surface area (TPSA) is 32.8 Å². The highest BCUT2D eigenvalue weighted by atomic mass is 79.9. The van der Waals surface area contributed by atoms with E-state index in [0.29, 0.717) is 6.54 Å². The average Bonchev–Trinajstić information content (AvgIpc) is 3.00. The van der Waals surface area contributed by atoms with Crippen LogP contribution in [-0.4, -0.2) is 44.2 Å². The maximum absolute atomic E-state index is 12.5. The van der Waals surface area contributed by atoms with Crippen molar-refractivity contribution in [3.05, 3.63) is 50.6 Å². The number of morpholine rings is 1. The van der Waals surface area contributed by atoms with Gasteiger partial charge in [0.2, 0.25) is 0 Å². The van der Waals surface area contributed by atoms with Gasteiger partial charge < -0.3 is 14.5 Å². The Hall–Kier alpha value is -1.37. The van der Waals surface area contributed by atoms with E-state index < -0.39 is 0 Å². The Balaban J connectivity index is 1.64. The van der Waals surface area contributed by atoms with Gasteiger partial charge in [-0.05, 0) is 46.3 Å². The standard InChI is InChI=1S/C17H19BrN2O2S/c1-19(11-16-10-14(18)12-23-16)17(21)13-2-4-15(5-3-13)20-6-8-22-9-7-20/h2-5,10,12H,6-9,11H2,1H3. The average molecular weight is 395 g/mol. The van der Waals surface area contributed by atoms with Crippen molar-refractivity contribution in [1.82, 2.24) is 4.90 Å². The molecule has 0 spiro atoms. The molecule has 3 rings (SSSR count). The molecule has 1 fully saturated rings. The summed E-state index contributed by atoms with van der Waals surface area (Å²) in [4.78, 5) is 17.7. The highest BCUT2D eigenvalue weighted by Crippen LogP contribution is 2.22. The molecule has 0 saturated carbocycles. The van der Waals surface area contributed by atoms with Crippen molar-refractivity contribution in [3.63, 3.8) is 0 Å². The lowest BCUT2D eigenvalue weighted by Gasteiger charge is -2.29. The molecule has 0 unspecified atom stereocenters. The van der Waals surface area contributed by atoms with E-state index in [1.54, 1.807) is 16.2 Å². The number of benzene rings is 1. The van der Waals surface area contributed by atoms with E-state index in [-0.39, 0.29) is 5.91 Å². The molecular formula is C17H19BrN2O2S. The van der Waals surface area contributed by atoms with E-state index in [0.717, 1.165) is 46.9 Å². The number of hydrogen-bond donors (Lipinski definition) is 0.